The largest absolute Gasteiger partial charge is 0.453 e. The van der Waals surface area contributed by atoms with E-state index in [0.29, 0.717) is 36.8 Å². The molecule has 0 unspecified atom stereocenters. The second-order valence-corrected chi connectivity index (χ2v) is 5.19. The third kappa shape index (κ3) is 2.71. The number of nitrogens with zero attached hydrogens (tertiary/aromatic N) is 4. The molecule has 1 aliphatic rings. The molecule has 1 aliphatic heterocycles. The summed E-state index contributed by atoms with van der Waals surface area (Å²) >= 11 is 6.29. The van der Waals surface area contributed by atoms with Crippen molar-refractivity contribution in [3.05, 3.63) is 29.4 Å². The summed E-state index contributed by atoms with van der Waals surface area (Å²) in [5.74, 6) is 0.788. The van der Waals surface area contributed by atoms with Crippen LogP contribution in [0.15, 0.2) is 24.4 Å². The van der Waals surface area contributed by atoms with Gasteiger partial charge in [-0.3, -0.25) is 0 Å². The second-order valence-electron chi connectivity index (χ2n) is 4.78. The molecular formula is C14H15ClN4O2. The lowest BCUT2D eigenvalue weighted by molar-refractivity contribution is 0.121. The minimum Gasteiger partial charge on any atom is -0.453 e. The summed E-state index contributed by atoms with van der Waals surface area (Å²) in [5.41, 5.74) is 0.635. The van der Waals surface area contributed by atoms with Gasteiger partial charge < -0.3 is 14.5 Å². The summed E-state index contributed by atoms with van der Waals surface area (Å²) in [6.45, 7) is 2.59. The van der Waals surface area contributed by atoms with Crippen molar-refractivity contribution in [2.45, 2.75) is 0 Å². The number of hydrogen-bond acceptors (Lipinski definition) is 5. The first-order valence-electron chi connectivity index (χ1n) is 6.68. The molecule has 3 rings (SSSR count). The summed E-state index contributed by atoms with van der Waals surface area (Å²) in [6.07, 6.45) is 1.41. The minimum atomic E-state index is -0.291. The predicted octanol–water partition coefficient (Wildman–Crippen LogP) is 2.17. The number of pyridine rings is 2. The molecule has 0 radical (unpaired) electrons. The molecule has 6 nitrogen and oxygen atoms in total. The fraction of sp³-hybridized carbons (Fsp3) is 0.357. The zero-order valence-corrected chi connectivity index (χ0v) is 12.4. The standard InChI is InChI=1S/C14H15ClN4O2/c1-21-14(20)19-7-5-18(6-8-19)12-9-11(15)10-3-2-4-16-13(10)17-12/h2-4,9H,5-8H2,1H3. The third-order valence-corrected chi connectivity index (χ3v) is 3.87. The molecule has 0 N–H and O–H groups in total. The molecule has 0 aliphatic carbocycles. The van der Waals surface area contributed by atoms with Gasteiger partial charge in [-0.2, -0.15) is 0 Å². The van der Waals surface area contributed by atoms with Crippen LogP contribution in [-0.4, -0.2) is 54.2 Å². The van der Waals surface area contributed by atoms with E-state index >= 15 is 0 Å². The number of ether oxygens (including phenoxy) is 1. The van der Waals surface area contributed by atoms with Gasteiger partial charge in [-0.15, -0.1) is 0 Å². The maximum Gasteiger partial charge on any atom is 0.409 e. The van der Waals surface area contributed by atoms with E-state index in [4.69, 9.17) is 16.3 Å². The fourth-order valence-corrected chi connectivity index (χ4v) is 2.66. The SMILES string of the molecule is COC(=O)N1CCN(c2cc(Cl)c3cccnc3n2)CC1. The number of rotatable bonds is 1. The quantitative estimate of drug-likeness (QED) is 0.808. The van der Waals surface area contributed by atoms with Gasteiger partial charge in [-0.05, 0) is 12.1 Å². The lowest BCUT2D eigenvalue weighted by Gasteiger charge is -2.34. The van der Waals surface area contributed by atoms with Crippen LogP contribution < -0.4 is 4.90 Å². The summed E-state index contributed by atoms with van der Waals surface area (Å²) in [5, 5.41) is 1.48. The Balaban J connectivity index is 1.81. The van der Waals surface area contributed by atoms with Crippen LogP contribution in [-0.2, 0) is 4.74 Å². The zero-order valence-electron chi connectivity index (χ0n) is 11.6. The predicted molar refractivity (Wildman–Crippen MR) is 80.7 cm³/mol. The van der Waals surface area contributed by atoms with E-state index in [-0.39, 0.29) is 6.09 Å². The molecule has 1 amide bonds. The van der Waals surface area contributed by atoms with Crippen LogP contribution >= 0.6 is 11.6 Å². The Hall–Kier alpha value is -2.08. The van der Waals surface area contributed by atoms with Gasteiger partial charge in [0.05, 0.1) is 12.1 Å². The van der Waals surface area contributed by atoms with Crippen molar-refractivity contribution in [2.75, 3.05) is 38.2 Å². The van der Waals surface area contributed by atoms with Gasteiger partial charge in [0, 0.05) is 43.8 Å². The van der Waals surface area contributed by atoms with Gasteiger partial charge >= 0.3 is 6.09 Å². The molecule has 1 fully saturated rings. The topological polar surface area (TPSA) is 58.6 Å². The number of methoxy groups -OCH3 is 1. The number of amides is 1. The van der Waals surface area contributed by atoms with Gasteiger partial charge in [0.2, 0.25) is 0 Å². The van der Waals surface area contributed by atoms with E-state index in [1.165, 1.54) is 7.11 Å². The Morgan fingerprint density at radius 1 is 1.33 bits per heavy atom. The van der Waals surface area contributed by atoms with E-state index in [1.807, 2.05) is 18.2 Å². The highest BCUT2D eigenvalue weighted by atomic mass is 35.5. The van der Waals surface area contributed by atoms with Crippen LogP contribution in [0.3, 0.4) is 0 Å². The first-order chi connectivity index (χ1) is 10.2. The van der Waals surface area contributed by atoms with E-state index in [9.17, 15) is 4.79 Å². The van der Waals surface area contributed by atoms with Crippen LogP contribution in [0.5, 0.6) is 0 Å². The molecule has 0 atom stereocenters. The first kappa shape index (κ1) is 13.9. The summed E-state index contributed by atoms with van der Waals surface area (Å²) in [6, 6.07) is 5.58. The number of halogens is 1. The summed E-state index contributed by atoms with van der Waals surface area (Å²) < 4.78 is 4.73. The smallest absolute Gasteiger partial charge is 0.409 e. The molecule has 2 aromatic heterocycles. The lowest BCUT2D eigenvalue weighted by atomic mass is 10.2. The molecule has 110 valence electrons. The Morgan fingerprint density at radius 3 is 2.81 bits per heavy atom. The van der Waals surface area contributed by atoms with Crippen molar-refractivity contribution in [2.24, 2.45) is 0 Å². The van der Waals surface area contributed by atoms with Crippen LogP contribution in [0.4, 0.5) is 10.6 Å². The van der Waals surface area contributed by atoms with E-state index in [1.54, 1.807) is 11.1 Å². The number of hydrogen-bond donors (Lipinski definition) is 0. The monoisotopic (exact) mass is 306 g/mol. The van der Waals surface area contributed by atoms with Crippen LogP contribution in [0, 0.1) is 0 Å². The Labute approximate surface area is 127 Å². The van der Waals surface area contributed by atoms with Crippen molar-refractivity contribution in [3.8, 4) is 0 Å². The summed E-state index contributed by atoms with van der Waals surface area (Å²) in [4.78, 5) is 24.0. The average molecular weight is 307 g/mol. The summed E-state index contributed by atoms with van der Waals surface area (Å²) in [7, 11) is 1.39. The molecule has 0 aromatic carbocycles. The van der Waals surface area contributed by atoms with Crippen molar-refractivity contribution in [1.29, 1.82) is 0 Å². The maximum absolute atomic E-state index is 11.5. The highest BCUT2D eigenvalue weighted by molar-refractivity contribution is 6.35. The van der Waals surface area contributed by atoms with Gasteiger partial charge in [0.25, 0.3) is 0 Å². The third-order valence-electron chi connectivity index (χ3n) is 3.56. The Bertz CT molecular complexity index is 671. The molecule has 21 heavy (non-hydrogen) atoms. The van der Waals surface area contributed by atoms with Crippen molar-refractivity contribution in [1.82, 2.24) is 14.9 Å². The highest BCUT2D eigenvalue weighted by Gasteiger charge is 2.22. The Kier molecular flexibility index (Phi) is 3.79. The van der Waals surface area contributed by atoms with E-state index < -0.39 is 0 Å². The number of fused-ring (bicyclic) bond motifs is 1. The van der Waals surface area contributed by atoms with Gasteiger partial charge in [-0.25, -0.2) is 14.8 Å². The van der Waals surface area contributed by atoms with Crippen LogP contribution in [0.1, 0.15) is 0 Å². The number of carbonyl (C=O) groups is 1. The molecule has 0 bridgehead atoms. The minimum absolute atomic E-state index is 0.291. The van der Waals surface area contributed by atoms with Gasteiger partial charge in [-0.1, -0.05) is 11.6 Å². The first-order valence-corrected chi connectivity index (χ1v) is 7.06. The van der Waals surface area contributed by atoms with E-state index in [0.717, 1.165) is 11.2 Å². The maximum atomic E-state index is 11.5. The highest BCUT2D eigenvalue weighted by Crippen LogP contribution is 2.26. The van der Waals surface area contributed by atoms with E-state index in [2.05, 4.69) is 14.9 Å². The van der Waals surface area contributed by atoms with Gasteiger partial charge in [0.1, 0.15) is 5.82 Å². The van der Waals surface area contributed by atoms with Crippen molar-refractivity contribution in [3.63, 3.8) is 0 Å². The van der Waals surface area contributed by atoms with Crippen LogP contribution in [0.2, 0.25) is 5.02 Å². The van der Waals surface area contributed by atoms with Crippen molar-refractivity contribution < 1.29 is 9.53 Å². The lowest BCUT2D eigenvalue weighted by Crippen LogP contribution is -2.49. The second kappa shape index (κ2) is 5.73. The number of carbonyl (C=O) groups excluding carboxylic acids is 1. The van der Waals surface area contributed by atoms with Crippen LogP contribution in [0.25, 0.3) is 11.0 Å². The molecule has 0 spiro atoms. The number of piperazine rings is 1. The molecule has 1 saturated heterocycles. The average Bonchev–Trinajstić information content (AvgIpc) is 2.54. The van der Waals surface area contributed by atoms with Gasteiger partial charge in [0.15, 0.2) is 5.65 Å². The molecule has 7 heteroatoms. The zero-order chi connectivity index (χ0) is 14.8. The number of anilines is 1. The number of aromatic nitrogens is 2. The molecule has 0 saturated carbocycles. The molecular weight excluding hydrogens is 292 g/mol. The normalized spacial score (nSPS) is 15.3. The molecule has 2 aromatic rings. The van der Waals surface area contributed by atoms with Crippen molar-refractivity contribution >= 4 is 34.5 Å². The fourth-order valence-electron chi connectivity index (χ4n) is 2.41. The molecule has 3 heterocycles. The Morgan fingerprint density at radius 2 is 2.10 bits per heavy atom.